The Bertz CT molecular complexity index is 585. The zero-order valence-electron chi connectivity index (χ0n) is 11.3. The fourth-order valence-electron chi connectivity index (χ4n) is 2.87. The molecule has 0 spiro atoms. The molecule has 1 aliphatic heterocycles. The third-order valence-corrected chi connectivity index (χ3v) is 4.21. The maximum Gasteiger partial charge on any atom is 0.0702 e. The van der Waals surface area contributed by atoms with Crippen LogP contribution in [0.1, 0.15) is 16.7 Å². The predicted molar refractivity (Wildman–Crippen MR) is 83.4 cm³/mol. The molecule has 1 N–H and O–H groups in total. The minimum absolute atomic E-state index is 0.0515. The van der Waals surface area contributed by atoms with Crippen molar-refractivity contribution in [3.63, 3.8) is 0 Å². The van der Waals surface area contributed by atoms with Crippen molar-refractivity contribution in [1.82, 2.24) is 0 Å². The van der Waals surface area contributed by atoms with E-state index < -0.39 is 0 Å². The second-order valence-corrected chi connectivity index (χ2v) is 5.62. The first-order valence-corrected chi connectivity index (χ1v) is 7.37. The Hall–Kier alpha value is -1.51. The molecule has 0 saturated carbocycles. The van der Waals surface area contributed by atoms with Gasteiger partial charge in [-0.15, -0.1) is 0 Å². The van der Waals surface area contributed by atoms with E-state index in [-0.39, 0.29) is 6.61 Å². The van der Waals surface area contributed by atoms with Gasteiger partial charge in [-0.05, 0) is 36.1 Å². The van der Waals surface area contributed by atoms with E-state index in [1.54, 1.807) is 0 Å². The van der Waals surface area contributed by atoms with Crippen LogP contribution >= 0.6 is 11.6 Å². The Morgan fingerprint density at radius 1 is 1.00 bits per heavy atom. The molecule has 0 bridgehead atoms. The first-order valence-electron chi connectivity index (χ1n) is 6.99. The summed E-state index contributed by atoms with van der Waals surface area (Å²) in [4.78, 5) is 2.33. The highest BCUT2D eigenvalue weighted by atomic mass is 35.5. The van der Waals surface area contributed by atoms with Crippen molar-refractivity contribution in [2.45, 2.75) is 19.4 Å². The van der Waals surface area contributed by atoms with Crippen molar-refractivity contribution in [1.29, 1.82) is 0 Å². The normalized spacial score (nSPS) is 14.8. The zero-order valence-corrected chi connectivity index (χ0v) is 12.1. The largest absolute Gasteiger partial charge is 0.392 e. The van der Waals surface area contributed by atoms with Gasteiger partial charge in [0.1, 0.15) is 0 Å². The van der Waals surface area contributed by atoms with Gasteiger partial charge in [-0.3, -0.25) is 0 Å². The molecular formula is C17H18ClNO. The predicted octanol–water partition coefficient (Wildman–Crippen LogP) is 3.44. The molecule has 1 heterocycles. The summed E-state index contributed by atoms with van der Waals surface area (Å²) in [5.41, 5.74) is 4.87. The SMILES string of the molecule is OCc1ccc(Cl)cc1N1CCc2ccccc2CC1. The molecule has 0 aromatic heterocycles. The molecular weight excluding hydrogens is 270 g/mol. The molecule has 0 aliphatic carbocycles. The van der Waals surface area contributed by atoms with Gasteiger partial charge in [0.05, 0.1) is 6.61 Å². The second-order valence-electron chi connectivity index (χ2n) is 5.19. The smallest absolute Gasteiger partial charge is 0.0702 e. The quantitative estimate of drug-likeness (QED) is 0.915. The average Bonchev–Trinajstić information content (AvgIpc) is 2.70. The molecule has 0 saturated heterocycles. The fourth-order valence-corrected chi connectivity index (χ4v) is 3.04. The summed E-state index contributed by atoms with van der Waals surface area (Å²) in [6.07, 6.45) is 2.07. The number of rotatable bonds is 2. The molecule has 0 atom stereocenters. The van der Waals surface area contributed by atoms with Gasteiger partial charge in [0.15, 0.2) is 0 Å². The standard InChI is InChI=1S/C17H18ClNO/c18-16-6-5-15(12-20)17(11-16)19-9-7-13-3-1-2-4-14(13)8-10-19/h1-6,11,20H,7-10,12H2. The van der Waals surface area contributed by atoms with Crippen molar-refractivity contribution in [2.75, 3.05) is 18.0 Å². The van der Waals surface area contributed by atoms with Crippen LogP contribution < -0.4 is 4.90 Å². The summed E-state index contributed by atoms with van der Waals surface area (Å²) in [5, 5.41) is 10.2. The first kappa shape index (κ1) is 13.5. The van der Waals surface area contributed by atoms with E-state index in [0.29, 0.717) is 0 Å². The monoisotopic (exact) mass is 287 g/mol. The lowest BCUT2D eigenvalue weighted by molar-refractivity contribution is 0.282. The molecule has 2 nitrogen and oxygen atoms in total. The van der Waals surface area contributed by atoms with Gasteiger partial charge in [-0.1, -0.05) is 41.9 Å². The molecule has 0 fully saturated rings. The summed E-state index contributed by atoms with van der Waals surface area (Å²) in [5.74, 6) is 0. The molecule has 0 unspecified atom stereocenters. The van der Waals surface area contributed by atoms with E-state index in [4.69, 9.17) is 11.6 Å². The molecule has 1 aliphatic rings. The van der Waals surface area contributed by atoms with Crippen molar-refractivity contribution in [3.8, 4) is 0 Å². The van der Waals surface area contributed by atoms with E-state index in [9.17, 15) is 5.11 Å². The number of fused-ring (bicyclic) bond motifs is 1. The third kappa shape index (κ3) is 2.67. The number of aliphatic hydroxyl groups is 1. The van der Waals surface area contributed by atoms with Crippen molar-refractivity contribution >= 4 is 17.3 Å². The van der Waals surface area contributed by atoms with Crippen LogP contribution in [0.3, 0.4) is 0 Å². The number of anilines is 1. The molecule has 3 heteroatoms. The molecule has 2 aromatic carbocycles. The van der Waals surface area contributed by atoms with Gasteiger partial charge in [-0.2, -0.15) is 0 Å². The summed E-state index contributed by atoms with van der Waals surface area (Å²) in [7, 11) is 0. The Kier molecular flexibility index (Phi) is 3.95. The van der Waals surface area contributed by atoms with Gasteiger partial charge in [-0.25, -0.2) is 0 Å². The Morgan fingerprint density at radius 3 is 2.25 bits per heavy atom. The average molecular weight is 288 g/mol. The number of hydrogen-bond donors (Lipinski definition) is 1. The van der Waals surface area contributed by atoms with Crippen LogP contribution in [-0.4, -0.2) is 18.2 Å². The first-order chi connectivity index (χ1) is 9.78. The maximum atomic E-state index is 9.51. The van der Waals surface area contributed by atoms with E-state index in [1.807, 2.05) is 18.2 Å². The van der Waals surface area contributed by atoms with Crippen molar-refractivity contribution in [3.05, 3.63) is 64.2 Å². The number of halogens is 1. The minimum Gasteiger partial charge on any atom is -0.392 e. The maximum absolute atomic E-state index is 9.51. The van der Waals surface area contributed by atoms with Crippen LogP contribution in [0.5, 0.6) is 0 Å². The van der Waals surface area contributed by atoms with Crippen molar-refractivity contribution < 1.29 is 5.11 Å². The summed E-state index contributed by atoms with van der Waals surface area (Å²) < 4.78 is 0. The molecule has 2 aromatic rings. The van der Waals surface area contributed by atoms with Gasteiger partial charge in [0.25, 0.3) is 0 Å². The second kappa shape index (κ2) is 5.86. The topological polar surface area (TPSA) is 23.5 Å². The lowest BCUT2D eigenvalue weighted by Gasteiger charge is -2.25. The molecule has 0 radical (unpaired) electrons. The minimum atomic E-state index is 0.0515. The van der Waals surface area contributed by atoms with Gasteiger partial charge >= 0.3 is 0 Å². The Labute approximate surface area is 124 Å². The van der Waals surface area contributed by atoms with Gasteiger partial charge in [0, 0.05) is 29.4 Å². The van der Waals surface area contributed by atoms with E-state index in [0.717, 1.165) is 42.2 Å². The highest BCUT2D eigenvalue weighted by Gasteiger charge is 2.16. The lowest BCUT2D eigenvalue weighted by Crippen LogP contribution is -2.27. The number of hydrogen-bond acceptors (Lipinski definition) is 2. The Morgan fingerprint density at radius 2 is 1.65 bits per heavy atom. The van der Waals surface area contributed by atoms with Crippen LogP contribution in [0.4, 0.5) is 5.69 Å². The molecule has 20 heavy (non-hydrogen) atoms. The van der Waals surface area contributed by atoms with E-state index >= 15 is 0 Å². The van der Waals surface area contributed by atoms with Crippen LogP contribution in [-0.2, 0) is 19.4 Å². The van der Waals surface area contributed by atoms with Crippen LogP contribution in [0.15, 0.2) is 42.5 Å². The zero-order chi connectivity index (χ0) is 13.9. The third-order valence-electron chi connectivity index (χ3n) is 3.98. The van der Waals surface area contributed by atoms with E-state index in [2.05, 4.69) is 29.2 Å². The highest BCUT2D eigenvalue weighted by Crippen LogP contribution is 2.27. The fraction of sp³-hybridized carbons (Fsp3) is 0.294. The molecule has 3 rings (SSSR count). The highest BCUT2D eigenvalue weighted by molar-refractivity contribution is 6.30. The van der Waals surface area contributed by atoms with Crippen LogP contribution in [0.25, 0.3) is 0 Å². The van der Waals surface area contributed by atoms with Crippen molar-refractivity contribution in [2.24, 2.45) is 0 Å². The summed E-state index contributed by atoms with van der Waals surface area (Å²) in [6, 6.07) is 14.3. The van der Waals surface area contributed by atoms with Crippen LogP contribution in [0.2, 0.25) is 5.02 Å². The van der Waals surface area contributed by atoms with Gasteiger partial charge < -0.3 is 10.0 Å². The number of nitrogens with zero attached hydrogens (tertiary/aromatic N) is 1. The number of benzene rings is 2. The molecule has 104 valence electrons. The molecule has 0 amide bonds. The van der Waals surface area contributed by atoms with E-state index in [1.165, 1.54) is 11.1 Å². The Balaban J connectivity index is 1.88. The summed E-state index contributed by atoms with van der Waals surface area (Å²) in [6.45, 7) is 1.98. The van der Waals surface area contributed by atoms with Crippen LogP contribution in [0, 0.1) is 0 Å². The van der Waals surface area contributed by atoms with Gasteiger partial charge in [0.2, 0.25) is 0 Å². The summed E-state index contributed by atoms with van der Waals surface area (Å²) >= 11 is 6.11. The number of aliphatic hydroxyl groups excluding tert-OH is 1. The lowest BCUT2D eigenvalue weighted by atomic mass is 10.0.